The van der Waals surface area contributed by atoms with Gasteiger partial charge in [0, 0.05) is 17.5 Å². The molecule has 0 saturated heterocycles. The van der Waals surface area contributed by atoms with Gasteiger partial charge in [0.1, 0.15) is 0 Å². The molecule has 0 aliphatic heterocycles. The Labute approximate surface area is 115 Å². The van der Waals surface area contributed by atoms with Crippen LogP contribution in [0.25, 0.3) is 0 Å². The van der Waals surface area contributed by atoms with Crippen LogP contribution in [0.15, 0.2) is 10.9 Å². The van der Waals surface area contributed by atoms with E-state index in [1.54, 1.807) is 11.3 Å². The van der Waals surface area contributed by atoms with Crippen molar-refractivity contribution in [3.8, 4) is 0 Å². The number of hydrogen-bond donors (Lipinski definition) is 1. The van der Waals surface area contributed by atoms with Crippen molar-refractivity contribution in [3.63, 3.8) is 0 Å². The van der Waals surface area contributed by atoms with Crippen LogP contribution < -0.4 is 5.32 Å². The summed E-state index contributed by atoms with van der Waals surface area (Å²) in [4.78, 5) is 4.42. The van der Waals surface area contributed by atoms with Gasteiger partial charge in [-0.25, -0.2) is 4.98 Å². The lowest BCUT2D eigenvalue weighted by Crippen LogP contribution is -2.45. The third-order valence-electron chi connectivity index (χ3n) is 4.24. The second-order valence-electron chi connectivity index (χ2n) is 6.67. The van der Waals surface area contributed by atoms with E-state index < -0.39 is 0 Å². The average molecular weight is 266 g/mol. The molecule has 0 radical (unpaired) electrons. The van der Waals surface area contributed by atoms with E-state index in [9.17, 15) is 0 Å². The van der Waals surface area contributed by atoms with Gasteiger partial charge in [-0.1, -0.05) is 33.6 Å². The van der Waals surface area contributed by atoms with Gasteiger partial charge >= 0.3 is 0 Å². The van der Waals surface area contributed by atoms with Crippen LogP contribution in [0.5, 0.6) is 0 Å². The molecule has 2 rings (SSSR count). The van der Waals surface area contributed by atoms with Crippen molar-refractivity contribution in [1.29, 1.82) is 0 Å². The van der Waals surface area contributed by atoms with E-state index in [2.05, 4.69) is 43.4 Å². The molecule has 0 bridgehead atoms. The zero-order chi connectivity index (χ0) is 13.2. The molecule has 0 aromatic carbocycles. The van der Waals surface area contributed by atoms with E-state index in [1.165, 1.54) is 31.4 Å². The van der Waals surface area contributed by atoms with Gasteiger partial charge in [-0.3, -0.25) is 0 Å². The molecule has 1 N–H and O–H groups in total. The molecule has 1 aliphatic rings. The average Bonchev–Trinajstić information content (AvgIpc) is 2.81. The third kappa shape index (κ3) is 3.33. The summed E-state index contributed by atoms with van der Waals surface area (Å²) in [5.74, 6) is 0.785. The monoisotopic (exact) mass is 266 g/mol. The van der Waals surface area contributed by atoms with Gasteiger partial charge in [0.2, 0.25) is 0 Å². The molecule has 1 heterocycles. The molecule has 18 heavy (non-hydrogen) atoms. The van der Waals surface area contributed by atoms with Crippen molar-refractivity contribution in [2.75, 3.05) is 0 Å². The first-order chi connectivity index (χ1) is 8.48. The molecule has 1 saturated carbocycles. The lowest BCUT2D eigenvalue weighted by atomic mass is 9.69. The first-order valence-corrected chi connectivity index (χ1v) is 8.07. The zero-order valence-electron chi connectivity index (χ0n) is 12.1. The first-order valence-electron chi connectivity index (χ1n) is 7.12. The standard InChI is InChI=1S/C15H26N2S/c1-11(14-9-18-10-16-14)17-13-8-6-5-7-12(13)15(2,3)4/h9-13,17H,5-8H2,1-4H3. The highest BCUT2D eigenvalue weighted by atomic mass is 32.1. The predicted molar refractivity (Wildman–Crippen MR) is 78.9 cm³/mol. The maximum Gasteiger partial charge on any atom is 0.0795 e. The molecule has 2 nitrogen and oxygen atoms in total. The van der Waals surface area contributed by atoms with Crippen LogP contribution in [0.2, 0.25) is 0 Å². The van der Waals surface area contributed by atoms with Crippen LogP contribution in [0, 0.1) is 11.3 Å². The Morgan fingerprint density at radius 2 is 2.06 bits per heavy atom. The van der Waals surface area contributed by atoms with E-state index in [0.717, 1.165) is 5.92 Å². The summed E-state index contributed by atoms with van der Waals surface area (Å²) in [7, 11) is 0. The maximum absolute atomic E-state index is 4.42. The summed E-state index contributed by atoms with van der Waals surface area (Å²) in [6.07, 6.45) is 5.45. The summed E-state index contributed by atoms with van der Waals surface area (Å²) < 4.78 is 0. The predicted octanol–water partition coefficient (Wildman–Crippen LogP) is 4.40. The highest BCUT2D eigenvalue weighted by Gasteiger charge is 2.34. The van der Waals surface area contributed by atoms with Gasteiger partial charge in [0.25, 0.3) is 0 Å². The highest BCUT2D eigenvalue weighted by molar-refractivity contribution is 7.07. The van der Waals surface area contributed by atoms with E-state index in [1.807, 2.05) is 5.51 Å². The Kier molecular flexibility index (Phi) is 4.44. The van der Waals surface area contributed by atoms with Crippen LogP contribution in [0.4, 0.5) is 0 Å². The Bertz CT molecular complexity index is 353. The van der Waals surface area contributed by atoms with Crippen LogP contribution in [-0.2, 0) is 0 Å². The Hall–Kier alpha value is -0.410. The normalized spacial score (nSPS) is 27.1. The Morgan fingerprint density at radius 1 is 1.33 bits per heavy atom. The van der Waals surface area contributed by atoms with Crippen molar-refractivity contribution < 1.29 is 0 Å². The molecular formula is C15H26N2S. The molecular weight excluding hydrogens is 240 g/mol. The molecule has 1 aromatic heterocycles. The summed E-state index contributed by atoms with van der Waals surface area (Å²) in [5.41, 5.74) is 3.52. The first kappa shape index (κ1) is 14.0. The Balaban J connectivity index is 2.01. The fourth-order valence-corrected chi connectivity index (χ4v) is 3.86. The van der Waals surface area contributed by atoms with E-state index in [4.69, 9.17) is 0 Å². The molecule has 1 aromatic rings. The van der Waals surface area contributed by atoms with E-state index >= 15 is 0 Å². The highest BCUT2D eigenvalue weighted by Crippen LogP contribution is 2.38. The second kappa shape index (κ2) is 5.70. The van der Waals surface area contributed by atoms with Crippen molar-refractivity contribution in [1.82, 2.24) is 10.3 Å². The molecule has 1 aliphatic carbocycles. The van der Waals surface area contributed by atoms with Crippen molar-refractivity contribution in [2.24, 2.45) is 11.3 Å². The van der Waals surface area contributed by atoms with Gasteiger partial charge < -0.3 is 5.32 Å². The molecule has 1 fully saturated rings. The molecule has 3 heteroatoms. The molecule has 3 atom stereocenters. The fourth-order valence-electron chi connectivity index (χ4n) is 3.21. The number of nitrogens with zero attached hydrogens (tertiary/aromatic N) is 1. The zero-order valence-corrected chi connectivity index (χ0v) is 12.9. The number of rotatable bonds is 3. The van der Waals surface area contributed by atoms with E-state index in [0.29, 0.717) is 17.5 Å². The largest absolute Gasteiger partial charge is 0.306 e. The van der Waals surface area contributed by atoms with E-state index in [-0.39, 0.29) is 0 Å². The molecule has 3 unspecified atom stereocenters. The number of nitrogens with one attached hydrogen (secondary N) is 1. The maximum atomic E-state index is 4.42. The van der Waals surface area contributed by atoms with Crippen LogP contribution in [0.3, 0.4) is 0 Å². The molecule has 102 valence electrons. The van der Waals surface area contributed by atoms with Crippen molar-refractivity contribution >= 4 is 11.3 Å². The second-order valence-corrected chi connectivity index (χ2v) is 7.38. The fraction of sp³-hybridized carbons (Fsp3) is 0.800. The van der Waals surface area contributed by atoms with Crippen molar-refractivity contribution in [2.45, 2.75) is 65.5 Å². The minimum absolute atomic E-state index is 0.379. The third-order valence-corrected chi connectivity index (χ3v) is 4.84. The summed E-state index contributed by atoms with van der Waals surface area (Å²) in [5, 5.41) is 5.98. The number of thiazole rings is 1. The van der Waals surface area contributed by atoms with Gasteiger partial charge in [0.05, 0.1) is 11.2 Å². The van der Waals surface area contributed by atoms with Crippen molar-refractivity contribution in [3.05, 3.63) is 16.6 Å². The SMILES string of the molecule is CC(NC1CCCCC1C(C)(C)C)c1cscn1. The quantitative estimate of drug-likeness (QED) is 0.877. The number of hydrogen-bond acceptors (Lipinski definition) is 3. The van der Waals surface area contributed by atoms with Gasteiger partial charge in [-0.15, -0.1) is 11.3 Å². The molecule has 0 amide bonds. The van der Waals surface area contributed by atoms with Crippen LogP contribution in [-0.4, -0.2) is 11.0 Å². The van der Waals surface area contributed by atoms with Crippen LogP contribution >= 0.6 is 11.3 Å². The minimum atomic E-state index is 0.379. The number of aromatic nitrogens is 1. The summed E-state index contributed by atoms with van der Waals surface area (Å²) in [6.45, 7) is 9.38. The van der Waals surface area contributed by atoms with Crippen LogP contribution in [0.1, 0.15) is 65.1 Å². The lowest BCUT2D eigenvalue weighted by molar-refractivity contribution is 0.124. The smallest absolute Gasteiger partial charge is 0.0795 e. The lowest BCUT2D eigenvalue weighted by Gasteiger charge is -2.42. The van der Waals surface area contributed by atoms with Gasteiger partial charge in [-0.2, -0.15) is 0 Å². The Morgan fingerprint density at radius 3 is 2.67 bits per heavy atom. The molecule has 0 spiro atoms. The summed E-state index contributed by atoms with van der Waals surface area (Å²) in [6, 6.07) is 1.03. The van der Waals surface area contributed by atoms with Gasteiger partial charge in [0.15, 0.2) is 0 Å². The van der Waals surface area contributed by atoms with Gasteiger partial charge in [-0.05, 0) is 31.1 Å². The minimum Gasteiger partial charge on any atom is -0.306 e. The summed E-state index contributed by atoms with van der Waals surface area (Å²) >= 11 is 1.69. The topological polar surface area (TPSA) is 24.9 Å².